The second-order valence-corrected chi connectivity index (χ2v) is 13.9. The minimum absolute atomic E-state index is 0.140. The zero-order valence-corrected chi connectivity index (χ0v) is 31.5. The molecule has 1 aromatic heterocycles. The number of unbranched alkanes of at least 4 members (excludes halogenated alkanes) is 1. The number of benzene rings is 3. The van der Waals surface area contributed by atoms with Gasteiger partial charge in [-0.2, -0.15) is 5.26 Å². The lowest BCUT2D eigenvalue weighted by Crippen LogP contribution is -2.36. The van der Waals surface area contributed by atoms with Gasteiger partial charge in [0.2, 0.25) is 0 Å². The Labute approximate surface area is 317 Å². The number of carboxylic acid groups (broad SMARTS) is 1. The van der Waals surface area contributed by atoms with Crippen molar-refractivity contribution in [3.8, 4) is 34.4 Å². The van der Waals surface area contributed by atoms with Gasteiger partial charge in [-0.3, -0.25) is 9.78 Å². The molecular weight excluding hydrogens is 692 g/mol. The van der Waals surface area contributed by atoms with Crippen LogP contribution in [-0.2, 0) is 24.6 Å². The standard InChI is InChI=1S/C42H49ClN4O6/c1-4-5-12-38(42(49)50)46-24-33-19-37(43)41(20-40(33)52-26-31-18-30(21-44)22-45-23-31)53-27-32-9-6-10-35(28(32)2)36-11-7-13-39(29(36)3)51-17-8-15-47-16-14-34(48)25-47/h6-7,9-11,13,18-20,22-23,34,38,46,48H,4-5,8,12,14-17,24-27H2,1-3H3,(H,49,50)/t34-,38?/m1/s1. The van der Waals surface area contributed by atoms with Gasteiger partial charge < -0.3 is 34.6 Å². The number of ether oxygens (including phenoxy) is 3. The summed E-state index contributed by atoms with van der Waals surface area (Å²) in [5.41, 5.74) is 7.12. The number of hydrogen-bond donors (Lipinski definition) is 3. The SMILES string of the molecule is CCCCC(NCc1cc(Cl)c(OCc2cccc(-c3cccc(OCCCN4CC[C@@H](O)C4)c3C)c2C)cc1OCc1cncc(C#N)c1)C(=O)O. The molecule has 0 radical (unpaired) electrons. The largest absolute Gasteiger partial charge is 0.493 e. The molecule has 0 aliphatic carbocycles. The van der Waals surface area contributed by atoms with Crippen LogP contribution in [-0.4, -0.2) is 64.5 Å². The van der Waals surface area contributed by atoms with E-state index in [2.05, 4.69) is 47.3 Å². The average molecular weight is 741 g/mol. The molecule has 0 spiro atoms. The molecule has 3 aromatic carbocycles. The summed E-state index contributed by atoms with van der Waals surface area (Å²) in [4.78, 5) is 18.3. The number of carbonyl (C=O) groups is 1. The molecule has 0 saturated carbocycles. The van der Waals surface area contributed by atoms with Crippen molar-refractivity contribution in [3.63, 3.8) is 0 Å². The number of aliphatic carboxylic acids is 1. The monoisotopic (exact) mass is 740 g/mol. The first-order valence-corrected chi connectivity index (χ1v) is 18.6. The van der Waals surface area contributed by atoms with Gasteiger partial charge in [-0.15, -0.1) is 0 Å². The molecule has 0 bridgehead atoms. The van der Waals surface area contributed by atoms with Crippen molar-refractivity contribution in [3.05, 3.63) is 105 Å². The van der Waals surface area contributed by atoms with E-state index in [1.807, 2.05) is 31.2 Å². The lowest BCUT2D eigenvalue weighted by Gasteiger charge is -2.19. The highest BCUT2D eigenvalue weighted by Gasteiger charge is 2.21. The van der Waals surface area contributed by atoms with Crippen molar-refractivity contribution in [2.75, 3.05) is 26.2 Å². The number of rotatable bonds is 19. The van der Waals surface area contributed by atoms with Gasteiger partial charge in [0.25, 0.3) is 0 Å². The van der Waals surface area contributed by atoms with E-state index in [9.17, 15) is 20.3 Å². The number of nitrogens with one attached hydrogen (secondary N) is 1. The first-order chi connectivity index (χ1) is 25.7. The maximum absolute atomic E-state index is 11.9. The third-order valence-corrected chi connectivity index (χ3v) is 9.94. The summed E-state index contributed by atoms with van der Waals surface area (Å²) in [6.45, 7) is 9.99. The summed E-state index contributed by atoms with van der Waals surface area (Å²) in [7, 11) is 0. The number of halogens is 1. The predicted molar refractivity (Wildman–Crippen MR) is 205 cm³/mol. The summed E-state index contributed by atoms with van der Waals surface area (Å²) in [6.07, 6.45) is 6.83. The number of aromatic nitrogens is 1. The van der Waals surface area contributed by atoms with Crippen LogP contribution in [0.15, 0.2) is 67.0 Å². The first kappa shape index (κ1) is 39.5. The normalized spacial score (nSPS) is 14.8. The Morgan fingerprint density at radius 3 is 2.51 bits per heavy atom. The number of nitriles is 1. The fourth-order valence-corrected chi connectivity index (χ4v) is 6.78. The highest BCUT2D eigenvalue weighted by atomic mass is 35.5. The molecule has 1 unspecified atom stereocenters. The van der Waals surface area contributed by atoms with Crippen LogP contribution in [0, 0.1) is 25.2 Å². The van der Waals surface area contributed by atoms with Crippen molar-refractivity contribution in [1.29, 1.82) is 5.26 Å². The molecule has 1 aliphatic rings. The lowest BCUT2D eigenvalue weighted by atomic mass is 9.93. The van der Waals surface area contributed by atoms with Crippen LogP contribution in [0.2, 0.25) is 5.02 Å². The molecule has 5 rings (SSSR count). The molecular formula is C42H49ClN4O6. The molecule has 10 nitrogen and oxygen atoms in total. The molecule has 0 amide bonds. The Hall–Kier alpha value is -4.66. The average Bonchev–Trinajstić information content (AvgIpc) is 3.58. The highest BCUT2D eigenvalue weighted by molar-refractivity contribution is 6.32. The third-order valence-electron chi connectivity index (χ3n) is 9.64. The Kier molecular flexibility index (Phi) is 14.5. The Balaban J connectivity index is 1.31. The van der Waals surface area contributed by atoms with Crippen LogP contribution >= 0.6 is 11.6 Å². The van der Waals surface area contributed by atoms with Crippen LogP contribution in [0.4, 0.5) is 0 Å². The number of pyridine rings is 1. The molecule has 1 aliphatic heterocycles. The van der Waals surface area contributed by atoms with Gasteiger partial charge in [0.05, 0.1) is 23.3 Å². The number of nitrogens with zero attached hydrogens (tertiary/aromatic N) is 3. The predicted octanol–water partition coefficient (Wildman–Crippen LogP) is 7.62. The number of carboxylic acids is 1. The zero-order valence-electron chi connectivity index (χ0n) is 30.7. The van der Waals surface area contributed by atoms with Gasteiger partial charge in [0.15, 0.2) is 0 Å². The van der Waals surface area contributed by atoms with Gasteiger partial charge in [0, 0.05) is 55.8 Å². The van der Waals surface area contributed by atoms with Gasteiger partial charge in [0.1, 0.15) is 42.6 Å². The number of aliphatic hydroxyl groups excluding tert-OH is 1. The van der Waals surface area contributed by atoms with E-state index in [1.165, 1.54) is 6.20 Å². The number of β-amino-alcohol motifs (C(OH)–C–C–N with tert-alkyl or cyclic N) is 1. The summed E-state index contributed by atoms with van der Waals surface area (Å²) in [5.74, 6) is 0.854. The highest BCUT2D eigenvalue weighted by Crippen LogP contribution is 2.36. The van der Waals surface area contributed by atoms with Crippen LogP contribution in [0.5, 0.6) is 17.2 Å². The van der Waals surface area contributed by atoms with Crippen molar-refractivity contribution in [2.24, 2.45) is 0 Å². The van der Waals surface area contributed by atoms with E-state index < -0.39 is 12.0 Å². The van der Waals surface area contributed by atoms with E-state index in [0.29, 0.717) is 46.2 Å². The topological polar surface area (TPSA) is 137 Å². The molecule has 3 N–H and O–H groups in total. The summed E-state index contributed by atoms with van der Waals surface area (Å²) >= 11 is 6.79. The lowest BCUT2D eigenvalue weighted by molar-refractivity contribution is -0.139. The second-order valence-electron chi connectivity index (χ2n) is 13.5. The number of aliphatic hydroxyl groups is 1. The Bertz CT molecular complexity index is 1900. The van der Waals surface area contributed by atoms with Crippen molar-refractivity contribution >= 4 is 17.6 Å². The van der Waals surface area contributed by atoms with Crippen molar-refractivity contribution in [1.82, 2.24) is 15.2 Å². The molecule has 53 heavy (non-hydrogen) atoms. The van der Waals surface area contributed by atoms with Gasteiger partial charge in [-0.1, -0.05) is 61.7 Å². The van der Waals surface area contributed by atoms with Crippen LogP contribution in [0.1, 0.15) is 72.4 Å². The Morgan fingerprint density at radius 2 is 1.77 bits per heavy atom. The van der Waals surface area contributed by atoms with Crippen LogP contribution < -0.4 is 19.5 Å². The van der Waals surface area contributed by atoms with E-state index in [-0.39, 0.29) is 25.9 Å². The van der Waals surface area contributed by atoms with Crippen molar-refractivity contribution < 1.29 is 29.2 Å². The fraction of sp³-hybridized carbons (Fsp3) is 0.405. The molecule has 2 heterocycles. The first-order valence-electron chi connectivity index (χ1n) is 18.3. The van der Waals surface area contributed by atoms with Gasteiger partial charge in [-0.05, 0) is 79.1 Å². The van der Waals surface area contributed by atoms with Crippen molar-refractivity contribution in [2.45, 2.75) is 84.8 Å². The number of hydrogen-bond acceptors (Lipinski definition) is 9. The molecule has 11 heteroatoms. The minimum Gasteiger partial charge on any atom is -0.493 e. The zero-order chi connectivity index (χ0) is 37.7. The maximum Gasteiger partial charge on any atom is 0.320 e. The molecule has 4 aromatic rings. The third kappa shape index (κ3) is 10.9. The second kappa shape index (κ2) is 19.4. The molecule has 2 atom stereocenters. The smallest absolute Gasteiger partial charge is 0.320 e. The fourth-order valence-electron chi connectivity index (χ4n) is 6.54. The van der Waals surface area contributed by atoms with E-state index in [4.69, 9.17) is 25.8 Å². The van der Waals surface area contributed by atoms with E-state index in [1.54, 1.807) is 24.4 Å². The maximum atomic E-state index is 11.9. The summed E-state index contributed by atoms with van der Waals surface area (Å²) < 4.78 is 18.8. The van der Waals surface area contributed by atoms with Gasteiger partial charge >= 0.3 is 5.97 Å². The number of likely N-dealkylation sites (tertiary alicyclic amines) is 1. The van der Waals surface area contributed by atoms with Crippen LogP contribution in [0.25, 0.3) is 11.1 Å². The summed E-state index contributed by atoms with van der Waals surface area (Å²) in [6, 6.07) is 18.9. The van der Waals surface area contributed by atoms with Gasteiger partial charge in [-0.25, -0.2) is 0 Å². The summed E-state index contributed by atoms with van der Waals surface area (Å²) in [5, 5.41) is 32.4. The van der Waals surface area contributed by atoms with E-state index in [0.717, 1.165) is 78.9 Å². The van der Waals surface area contributed by atoms with E-state index >= 15 is 0 Å². The molecule has 280 valence electrons. The Morgan fingerprint density at radius 1 is 1.00 bits per heavy atom. The van der Waals surface area contributed by atoms with Crippen LogP contribution in [0.3, 0.4) is 0 Å². The minimum atomic E-state index is -0.909. The molecule has 1 fully saturated rings. The molecule has 1 saturated heterocycles. The quantitative estimate of drug-likeness (QED) is 0.0824.